The molecule has 2 bridgehead atoms. The van der Waals surface area contributed by atoms with Crippen molar-refractivity contribution in [2.45, 2.75) is 51.7 Å². The van der Waals surface area contributed by atoms with Crippen LogP contribution in [0.15, 0.2) is 36.4 Å². The number of carbonyl (C=O) groups excluding carboxylic acids is 4. The fraction of sp³-hybridized carbons (Fsp3) is 0.500. The van der Waals surface area contributed by atoms with Crippen LogP contribution in [0, 0.1) is 6.92 Å². The first-order chi connectivity index (χ1) is 20.2. The Morgan fingerprint density at radius 1 is 1.05 bits per heavy atom. The highest BCUT2D eigenvalue weighted by Crippen LogP contribution is 2.28. The Hall–Kier alpha value is -4.19. The van der Waals surface area contributed by atoms with E-state index in [1.54, 1.807) is 24.0 Å². The van der Waals surface area contributed by atoms with Gasteiger partial charge in [0, 0.05) is 37.4 Å². The molecule has 1 fully saturated rings. The third kappa shape index (κ3) is 8.19. The van der Waals surface area contributed by atoms with Gasteiger partial charge in [-0.15, -0.1) is 0 Å². The third-order valence-electron chi connectivity index (χ3n) is 7.31. The third-order valence-corrected chi connectivity index (χ3v) is 7.31. The molecule has 3 aliphatic rings. The number of carbonyl (C=O) groups is 4. The van der Waals surface area contributed by atoms with E-state index in [1.165, 1.54) is 13.2 Å². The Kier molecular flexibility index (Phi) is 10.7. The van der Waals surface area contributed by atoms with Crippen molar-refractivity contribution in [3.05, 3.63) is 53.3 Å². The molecule has 1 saturated heterocycles. The summed E-state index contributed by atoms with van der Waals surface area (Å²) in [6, 6.07) is 9.11. The Balaban J connectivity index is 1.51. The van der Waals surface area contributed by atoms with Crippen LogP contribution in [0.1, 0.15) is 47.9 Å². The second-order valence-corrected chi connectivity index (χ2v) is 10.6. The number of hydrogen-bond donors (Lipinski definition) is 3. The smallest absolute Gasteiger partial charge is 0.252 e. The standard InChI is InChI=1S/C30H40N6O6/c1-20-7-4-8-23(33-20)18-35-14-6-12-32-29(39)24-9-5-15-36(24)30(40)21(2)34-28(38)22-10-11-25(26(17-22)41-3)42-16-13-31-27(37)19-35/h4,7-8,10-11,17,21,24H,5-6,9,12-16,18-19H2,1-3H3,(H,31,37)(H,32,39)(H,34,38)/t21-,24+/m0/s1. The molecule has 0 aliphatic carbocycles. The maximum Gasteiger partial charge on any atom is 0.252 e. The molecule has 1 aromatic heterocycles. The molecule has 4 heterocycles. The molecular formula is C30H40N6O6. The van der Waals surface area contributed by atoms with E-state index in [4.69, 9.17) is 9.47 Å². The summed E-state index contributed by atoms with van der Waals surface area (Å²) in [6.45, 7) is 6.05. The summed E-state index contributed by atoms with van der Waals surface area (Å²) >= 11 is 0. The van der Waals surface area contributed by atoms with Crippen LogP contribution in [0.3, 0.4) is 0 Å². The van der Waals surface area contributed by atoms with Crippen molar-refractivity contribution in [1.29, 1.82) is 0 Å². The average molecular weight is 581 g/mol. The molecule has 12 nitrogen and oxygen atoms in total. The molecule has 4 amide bonds. The fourth-order valence-electron chi connectivity index (χ4n) is 5.19. The highest BCUT2D eigenvalue weighted by Gasteiger charge is 2.36. The van der Waals surface area contributed by atoms with Gasteiger partial charge in [-0.2, -0.15) is 0 Å². The minimum atomic E-state index is -0.821. The van der Waals surface area contributed by atoms with Crippen LogP contribution in [0.4, 0.5) is 0 Å². The van der Waals surface area contributed by atoms with Crippen LogP contribution in [0.25, 0.3) is 0 Å². The molecule has 5 rings (SSSR count). The van der Waals surface area contributed by atoms with Crippen LogP contribution in [-0.4, -0.2) is 96.9 Å². The molecule has 2 atom stereocenters. The summed E-state index contributed by atoms with van der Waals surface area (Å²) in [5.74, 6) is -0.355. The zero-order valence-corrected chi connectivity index (χ0v) is 24.5. The lowest BCUT2D eigenvalue weighted by atomic mass is 10.1. The van der Waals surface area contributed by atoms with Crippen LogP contribution in [0.5, 0.6) is 11.5 Å². The van der Waals surface area contributed by atoms with Gasteiger partial charge in [0.05, 0.1) is 25.9 Å². The number of ether oxygens (including phenoxy) is 2. The van der Waals surface area contributed by atoms with Crippen LogP contribution in [0.2, 0.25) is 0 Å². The second-order valence-electron chi connectivity index (χ2n) is 10.6. The van der Waals surface area contributed by atoms with Gasteiger partial charge in [-0.25, -0.2) is 0 Å². The number of aromatic nitrogens is 1. The van der Waals surface area contributed by atoms with Gasteiger partial charge in [0.25, 0.3) is 5.91 Å². The van der Waals surface area contributed by atoms with E-state index in [1.807, 2.05) is 30.0 Å². The molecule has 0 radical (unpaired) electrons. The Labute approximate surface area is 246 Å². The Morgan fingerprint density at radius 2 is 1.88 bits per heavy atom. The zero-order chi connectivity index (χ0) is 30.1. The normalized spacial score (nSPS) is 21.7. The molecular weight excluding hydrogens is 540 g/mol. The number of nitrogens with one attached hydrogen (secondary N) is 3. The molecule has 12 heteroatoms. The largest absolute Gasteiger partial charge is 0.493 e. The number of nitrogens with zero attached hydrogens (tertiary/aromatic N) is 3. The molecule has 2 aromatic rings. The van der Waals surface area contributed by atoms with Gasteiger partial charge < -0.3 is 30.3 Å². The van der Waals surface area contributed by atoms with Crippen LogP contribution in [-0.2, 0) is 20.9 Å². The second kappa shape index (κ2) is 14.6. The van der Waals surface area contributed by atoms with Crippen molar-refractivity contribution in [2.75, 3.05) is 46.4 Å². The van der Waals surface area contributed by atoms with E-state index in [-0.39, 0.29) is 37.4 Å². The van der Waals surface area contributed by atoms with E-state index < -0.39 is 18.0 Å². The van der Waals surface area contributed by atoms with Gasteiger partial charge in [0.15, 0.2) is 11.5 Å². The molecule has 0 spiro atoms. The first-order valence-corrected chi connectivity index (χ1v) is 14.4. The molecule has 0 saturated carbocycles. The fourth-order valence-corrected chi connectivity index (χ4v) is 5.19. The number of fused-ring (bicyclic) bond motifs is 16. The topological polar surface area (TPSA) is 142 Å². The van der Waals surface area contributed by atoms with E-state index in [0.717, 1.165) is 11.4 Å². The summed E-state index contributed by atoms with van der Waals surface area (Å²) in [6.07, 6.45) is 1.87. The van der Waals surface area contributed by atoms with Gasteiger partial charge in [-0.3, -0.25) is 29.1 Å². The number of hydrogen-bond acceptors (Lipinski definition) is 8. The van der Waals surface area contributed by atoms with Gasteiger partial charge >= 0.3 is 0 Å². The van der Waals surface area contributed by atoms with E-state index >= 15 is 0 Å². The minimum Gasteiger partial charge on any atom is -0.493 e. The molecule has 0 unspecified atom stereocenters. The van der Waals surface area contributed by atoms with E-state index in [2.05, 4.69) is 20.9 Å². The van der Waals surface area contributed by atoms with Gasteiger partial charge in [0.1, 0.15) is 18.7 Å². The predicted molar refractivity (Wildman–Crippen MR) is 155 cm³/mol. The lowest BCUT2D eigenvalue weighted by molar-refractivity contribution is -0.139. The molecule has 3 N–H and O–H groups in total. The van der Waals surface area contributed by atoms with E-state index in [0.29, 0.717) is 62.5 Å². The van der Waals surface area contributed by atoms with Gasteiger partial charge in [0.2, 0.25) is 17.7 Å². The number of aryl methyl sites for hydroxylation is 1. The molecule has 226 valence electrons. The summed E-state index contributed by atoms with van der Waals surface area (Å²) in [5.41, 5.74) is 2.05. The Bertz CT molecular complexity index is 1290. The SMILES string of the molecule is COc1cc2ccc1OCCNC(=O)CN(Cc1cccc(C)n1)CCCNC(=O)[C@H]1CCCN1C(=O)[C@H](C)NC2=O. The predicted octanol–water partition coefficient (Wildman–Crippen LogP) is 1.03. The molecule has 1 aromatic carbocycles. The highest BCUT2D eigenvalue weighted by molar-refractivity contribution is 5.98. The summed E-state index contributed by atoms with van der Waals surface area (Å²) in [7, 11) is 1.47. The van der Waals surface area contributed by atoms with Crippen molar-refractivity contribution in [1.82, 2.24) is 30.7 Å². The summed E-state index contributed by atoms with van der Waals surface area (Å²) < 4.78 is 11.2. The number of amides is 4. The van der Waals surface area contributed by atoms with Crippen molar-refractivity contribution < 1.29 is 28.7 Å². The number of benzene rings is 1. The number of rotatable bonds is 3. The maximum atomic E-state index is 13.3. The summed E-state index contributed by atoms with van der Waals surface area (Å²) in [5, 5.41) is 8.58. The quantitative estimate of drug-likeness (QED) is 0.457. The monoisotopic (exact) mass is 580 g/mol. The lowest BCUT2D eigenvalue weighted by Crippen LogP contribution is -2.52. The average Bonchev–Trinajstić information content (AvgIpc) is 3.46. The highest BCUT2D eigenvalue weighted by atomic mass is 16.5. The number of methoxy groups -OCH3 is 1. The first kappa shape index (κ1) is 30.8. The molecule has 3 aliphatic heterocycles. The maximum absolute atomic E-state index is 13.3. The Morgan fingerprint density at radius 3 is 2.67 bits per heavy atom. The van der Waals surface area contributed by atoms with Crippen LogP contribution < -0.4 is 25.4 Å². The zero-order valence-electron chi connectivity index (χ0n) is 24.5. The van der Waals surface area contributed by atoms with Crippen molar-refractivity contribution in [3.8, 4) is 11.5 Å². The van der Waals surface area contributed by atoms with Gasteiger partial charge in [-0.05, 0) is 63.4 Å². The van der Waals surface area contributed by atoms with Crippen molar-refractivity contribution in [3.63, 3.8) is 0 Å². The number of pyridine rings is 1. The summed E-state index contributed by atoms with van der Waals surface area (Å²) in [4.78, 5) is 60.2. The van der Waals surface area contributed by atoms with Crippen molar-refractivity contribution in [2.24, 2.45) is 0 Å². The minimum absolute atomic E-state index is 0.152. The molecule has 42 heavy (non-hydrogen) atoms. The van der Waals surface area contributed by atoms with Crippen LogP contribution >= 0.6 is 0 Å². The lowest BCUT2D eigenvalue weighted by Gasteiger charge is -2.27. The van der Waals surface area contributed by atoms with Gasteiger partial charge in [-0.1, -0.05) is 6.07 Å². The van der Waals surface area contributed by atoms with Crippen molar-refractivity contribution >= 4 is 23.6 Å². The van der Waals surface area contributed by atoms with E-state index in [9.17, 15) is 19.2 Å². The first-order valence-electron chi connectivity index (χ1n) is 14.4.